The number of likely N-dealkylation sites (N-methyl/N-ethyl adjacent to an activating group) is 1. The first-order chi connectivity index (χ1) is 11.0. The van der Waals surface area contributed by atoms with Gasteiger partial charge >= 0.3 is 0 Å². The molecular weight excluding hydrogens is 280 g/mol. The lowest BCUT2D eigenvalue weighted by molar-refractivity contribution is 0.202. The van der Waals surface area contributed by atoms with Crippen molar-refractivity contribution in [1.82, 2.24) is 9.80 Å². The lowest BCUT2D eigenvalue weighted by Gasteiger charge is -2.41. The molecule has 0 aromatic carbocycles. The van der Waals surface area contributed by atoms with Crippen molar-refractivity contribution in [3.63, 3.8) is 0 Å². The lowest BCUT2D eigenvalue weighted by Crippen LogP contribution is -2.44. The minimum absolute atomic E-state index is 0.00148. The average Bonchev–Trinajstić information content (AvgIpc) is 2.58. The summed E-state index contributed by atoms with van der Waals surface area (Å²) >= 11 is 0. The second-order valence-corrected chi connectivity index (χ2v) is 5.12. The van der Waals surface area contributed by atoms with Gasteiger partial charge < -0.3 is 9.80 Å². The maximum Gasteiger partial charge on any atom is 0.128 e. The normalized spacial score (nSPS) is 14.1. The Morgan fingerprint density at radius 2 is 1.78 bits per heavy atom. The van der Waals surface area contributed by atoms with E-state index in [2.05, 4.69) is 60.8 Å². The number of hydrogen-bond donors (Lipinski definition) is 0. The van der Waals surface area contributed by atoms with E-state index in [1.165, 1.54) is 5.57 Å². The molecule has 2 nitrogen and oxygen atoms in total. The van der Waals surface area contributed by atoms with E-state index in [4.69, 9.17) is 0 Å². The van der Waals surface area contributed by atoms with Crippen LogP contribution in [0.25, 0.3) is 0 Å². The van der Waals surface area contributed by atoms with Gasteiger partial charge in [-0.1, -0.05) is 57.0 Å². The molecule has 1 unspecified atom stereocenters. The van der Waals surface area contributed by atoms with Gasteiger partial charge in [-0.15, -0.1) is 0 Å². The molecule has 0 fully saturated rings. The van der Waals surface area contributed by atoms with Crippen LogP contribution in [0.3, 0.4) is 0 Å². The van der Waals surface area contributed by atoms with E-state index >= 15 is 0 Å². The summed E-state index contributed by atoms with van der Waals surface area (Å²) < 4.78 is 0. The van der Waals surface area contributed by atoms with Gasteiger partial charge in [-0.2, -0.15) is 0 Å². The molecule has 0 saturated heterocycles. The highest BCUT2D eigenvalue weighted by Crippen LogP contribution is 2.27. The van der Waals surface area contributed by atoms with E-state index in [1.807, 2.05) is 46.2 Å². The molecule has 0 aliphatic heterocycles. The summed E-state index contributed by atoms with van der Waals surface area (Å²) in [7, 11) is 2.03. The van der Waals surface area contributed by atoms with Crippen LogP contribution >= 0.6 is 0 Å². The van der Waals surface area contributed by atoms with Crippen LogP contribution in [0, 0.1) is 0 Å². The zero-order valence-electron chi connectivity index (χ0n) is 15.4. The summed E-state index contributed by atoms with van der Waals surface area (Å²) in [4.78, 5) is 4.29. The molecule has 0 heterocycles. The number of hydrogen-bond acceptors (Lipinski definition) is 2. The van der Waals surface area contributed by atoms with Crippen LogP contribution in [-0.4, -0.2) is 23.0 Å². The maximum atomic E-state index is 4.19. The second kappa shape index (κ2) is 11.4. The van der Waals surface area contributed by atoms with Crippen molar-refractivity contribution in [2.24, 2.45) is 0 Å². The molecule has 23 heavy (non-hydrogen) atoms. The predicted octanol–water partition coefficient (Wildman–Crippen LogP) is 5.78. The number of nitrogens with zero attached hydrogens (tertiary/aromatic N) is 2. The fourth-order valence-electron chi connectivity index (χ4n) is 2.36. The molecule has 0 saturated carbocycles. The fraction of sp³-hybridized carbons (Fsp3) is 0.333. The molecule has 0 rings (SSSR count). The summed E-state index contributed by atoms with van der Waals surface area (Å²) in [5.74, 6) is 0. The van der Waals surface area contributed by atoms with E-state index in [0.29, 0.717) is 0 Å². The zero-order valence-corrected chi connectivity index (χ0v) is 15.4. The molecule has 0 radical (unpaired) electrons. The first kappa shape index (κ1) is 20.8. The third kappa shape index (κ3) is 5.82. The molecule has 0 spiro atoms. The molecular formula is C21H32N2. The maximum absolute atomic E-state index is 4.19. The Hall–Kier alpha value is -2.22. The Balaban J connectivity index is 6.27. The van der Waals surface area contributed by atoms with Crippen molar-refractivity contribution < 1.29 is 0 Å². The standard InChI is InChI=1S/C21H32N2/c1-9-15-17-19(12-4)21(22(8)14-6)23(18(7)11-3)20(13-5)16-10-2/h9-11,13-17,21H,3,6-7,12H2,1-2,4-5,8H3/b15-9-,16-10-,19-17+,20-13+. The number of rotatable bonds is 10. The highest BCUT2D eigenvalue weighted by Gasteiger charge is 2.25. The van der Waals surface area contributed by atoms with E-state index in [-0.39, 0.29) is 6.17 Å². The van der Waals surface area contributed by atoms with Gasteiger partial charge in [0.15, 0.2) is 0 Å². The quantitative estimate of drug-likeness (QED) is 0.372. The topological polar surface area (TPSA) is 6.48 Å². The third-order valence-corrected chi connectivity index (χ3v) is 3.62. The molecule has 0 aromatic heterocycles. The van der Waals surface area contributed by atoms with Crippen LogP contribution in [0.5, 0.6) is 0 Å². The summed E-state index contributed by atoms with van der Waals surface area (Å²) in [6.07, 6.45) is 17.0. The molecule has 0 bridgehead atoms. The summed E-state index contributed by atoms with van der Waals surface area (Å²) in [6.45, 7) is 20.3. The molecule has 126 valence electrons. The highest BCUT2D eigenvalue weighted by atomic mass is 15.3. The van der Waals surface area contributed by atoms with E-state index in [0.717, 1.165) is 17.8 Å². The van der Waals surface area contributed by atoms with Crippen LogP contribution in [0.15, 0.2) is 85.4 Å². The van der Waals surface area contributed by atoms with Crippen molar-refractivity contribution in [3.05, 3.63) is 85.4 Å². The van der Waals surface area contributed by atoms with Crippen LogP contribution in [-0.2, 0) is 0 Å². The molecule has 0 amide bonds. The minimum atomic E-state index is 0.00148. The monoisotopic (exact) mass is 312 g/mol. The van der Waals surface area contributed by atoms with E-state index in [1.54, 1.807) is 6.08 Å². The first-order valence-electron chi connectivity index (χ1n) is 8.08. The van der Waals surface area contributed by atoms with Crippen molar-refractivity contribution >= 4 is 0 Å². The Morgan fingerprint density at radius 3 is 2.17 bits per heavy atom. The molecule has 0 aliphatic rings. The van der Waals surface area contributed by atoms with Gasteiger partial charge in [0.1, 0.15) is 6.17 Å². The number of allylic oxidation sites excluding steroid dienone is 7. The Morgan fingerprint density at radius 1 is 1.13 bits per heavy atom. The molecule has 0 N–H and O–H groups in total. The first-order valence-corrected chi connectivity index (χ1v) is 8.08. The van der Waals surface area contributed by atoms with Crippen LogP contribution in [0.1, 0.15) is 34.1 Å². The SMILES string of the molecule is C=CC(=C)N(C(/C=C\C)=C/C)C(/C(=C/C=C\C)CC)N(C)C=C. The van der Waals surface area contributed by atoms with Crippen LogP contribution in [0.2, 0.25) is 0 Å². The Labute approximate surface area is 143 Å². The molecule has 0 aromatic rings. The van der Waals surface area contributed by atoms with E-state index < -0.39 is 0 Å². The zero-order chi connectivity index (χ0) is 17.8. The van der Waals surface area contributed by atoms with Gasteiger partial charge in [0.05, 0.1) is 0 Å². The summed E-state index contributed by atoms with van der Waals surface area (Å²) in [5, 5.41) is 0. The predicted molar refractivity (Wildman–Crippen MR) is 105 cm³/mol. The summed E-state index contributed by atoms with van der Waals surface area (Å²) in [5.41, 5.74) is 3.21. The Bertz CT molecular complexity index is 518. The van der Waals surface area contributed by atoms with Crippen molar-refractivity contribution in [3.8, 4) is 0 Å². The second-order valence-electron chi connectivity index (χ2n) is 5.12. The molecule has 2 heteroatoms. The van der Waals surface area contributed by atoms with Crippen molar-refractivity contribution in [2.75, 3.05) is 7.05 Å². The van der Waals surface area contributed by atoms with Crippen molar-refractivity contribution in [2.45, 2.75) is 40.3 Å². The fourth-order valence-corrected chi connectivity index (χ4v) is 2.36. The van der Waals surface area contributed by atoms with Gasteiger partial charge in [-0.3, -0.25) is 0 Å². The minimum Gasteiger partial charge on any atom is -0.357 e. The van der Waals surface area contributed by atoms with Gasteiger partial charge in [0.2, 0.25) is 0 Å². The van der Waals surface area contributed by atoms with Gasteiger partial charge in [-0.25, -0.2) is 0 Å². The largest absolute Gasteiger partial charge is 0.357 e. The third-order valence-electron chi connectivity index (χ3n) is 3.62. The van der Waals surface area contributed by atoms with Crippen molar-refractivity contribution in [1.29, 1.82) is 0 Å². The van der Waals surface area contributed by atoms with Gasteiger partial charge in [-0.05, 0) is 51.1 Å². The Kier molecular flexibility index (Phi) is 10.3. The van der Waals surface area contributed by atoms with E-state index in [9.17, 15) is 0 Å². The summed E-state index contributed by atoms with van der Waals surface area (Å²) in [6, 6.07) is 0. The molecule has 1 atom stereocenters. The van der Waals surface area contributed by atoms with Crippen LogP contribution < -0.4 is 0 Å². The highest BCUT2D eigenvalue weighted by molar-refractivity contribution is 5.31. The average molecular weight is 313 g/mol. The van der Waals surface area contributed by atoms with Crippen LogP contribution in [0.4, 0.5) is 0 Å². The smallest absolute Gasteiger partial charge is 0.128 e. The van der Waals surface area contributed by atoms with Gasteiger partial charge in [0.25, 0.3) is 0 Å². The molecule has 0 aliphatic carbocycles. The lowest BCUT2D eigenvalue weighted by atomic mass is 10.1. The van der Waals surface area contributed by atoms with Gasteiger partial charge in [0, 0.05) is 18.4 Å².